The molecular formula is C13H14F3NO2S. The van der Waals surface area contributed by atoms with Crippen LogP contribution in [0.3, 0.4) is 0 Å². The zero-order valence-electron chi connectivity index (χ0n) is 10.6. The number of nitrogens with zero attached hydrogens (tertiary/aromatic N) is 1. The highest BCUT2D eigenvalue weighted by molar-refractivity contribution is 8.00. The first kappa shape index (κ1) is 15.2. The molecule has 1 saturated heterocycles. The summed E-state index contributed by atoms with van der Waals surface area (Å²) in [6.45, 7) is -0.741. The Morgan fingerprint density at radius 1 is 1.35 bits per heavy atom. The third-order valence-corrected chi connectivity index (χ3v) is 4.23. The van der Waals surface area contributed by atoms with Crippen LogP contribution in [0.1, 0.15) is 6.42 Å². The van der Waals surface area contributed by atoms with Gasteiger partial charge in [0.05, 0.1) is 12.3 Å². The molecule has 0 bridgehead atoms. The third-order valence-electron chi connectivity index (χ3n) is 3.23. The Balaban J connectivity index is 1.89. The molecule has 1 aliphatic rings. The van der Waals surface area contributed by atoms with Gasteiger partial charge in [-0.05, 0) is 12.1 Å². The molecule has 1 heterocycles. The van der Waals surface area contributed by atoms with Gasteiger partial charge in [0, 0.05) is 17.9 Å². The smallest absolute Gasteiger partial charge is 0.379 e. The van der Waals surface area contributed by atoms with Crippen molar-refractivity contribution >= 4 is 17.7 Å². The molecule has 1 aromatic rings. The van der Waals surface area contributed by atoms with E-state index in [2.05, 4.69) is 0 Å². The van der Waals surface area contributed by atoms with Gasteiger partial charge in [-0.2, -0.15) is 13.2 Å². The highest BCUT2D eigenvalue weighted by atomic mass is 32.2. The zero-order chi connectivity index (χ0) is 14.8. The van der Waals surface area contributed by atoms with Crippen molar-refractivity contribution < 1.29 is 23.1 Å². The minimum Gasteiger partial charge on any atom is -0.379 e. The molecule has 20 heavy (non-hydrogen) atoms. The summed E-state index contributed by atoms with van der Waals surface area (Å²) in [6, 6.07) is 9.15. The van der Waals surface area contributed by atoms with Gasteiger partial charge in [0.15, 0.2) is 5.60 Å². The van der Waals surface area contributed by atoms with E-state index >= 15 is 0 Å². The van der Waals surface area contributed by atoms with Crippen LogP contribution in [-0.2, 0) is 4.79 Å². The quantitative estimate of drug-likeness (QED) is 0.871. The summed E-state index contributed by atoms with van der Waals surface area (Å²) < 4.78 is 37.9. The number of thioether (sulfide) groups is 1. The van der Waals surface area contributed by atoms with E-state index in [9.17, 15) is 23.1 Å². The number of alkyl halides is 3. The summed E-state index contributed by atoms with van der Waals surface area (Å²) in [6.07, 6.45) is -5.16. The Morgan fingerprint density at radius 3 is 2.55 bits per heavy atom. The molecule has 0 aliphatic carbocycles. The number of likely N-dealkylation sites (tertiary alicyclic amines) is 1. The Hall–Kier alpha value is -1.21. The standard InChI is InChI=1S/C13H14F3NO2S/c14-13(15,16)12(19)6-7-17(9-12)11(18)8-20-10-4-2-1-3-5-10/h1-5,19H,6-9H2/t12-/m0/s1. The number of carbonyl (C=O) groups is 1. The predicted octanol–water partition coefficient (Wildman–Crippen LogP) is 2.30. The molecular weight excluding hydrogens is 291 g/mol. The SMILES string of the molecule is O=C(CSc1ccccc1)N1CC[C@@](O)(C(F)(F)F)C1. The molecule has 1 aromatic carbocycles. The number of aliphatic hydroxyl groups is 1. The molecule has 0 saturated carbocycles. The topological polar surface area (TPSA) is 40.5 Å². The number of benzene rings is 1. The molecule has 2 rings (SSSR count). The van der Waals surface area contributed by atoms with Crippen molar-refractivity contribution in [2.75, 3.05) is 18.8 Å². The van der Waals surface area contributed by atoms with Gasteiger partial charge in [0.1, 0.15) is 0 Å². The summed E-state index contributed by atoms with van der Waals surface area (Å²) in [7, 11) is 0. The van der Waals surface area contributed by atoms with Crippen molar-refractivity contribution in [2.45, 2.75) is 23.1 Å². The second-order valence-electron chi connectivity index (χ2n) is 4.70. The van der Waals surface area contributed by atoms with E-state index in [1.165, 1.54) is 11.8 Å². The fraction of sp³-hybridized carbons (Fsp3) is 0.462. The predicted molar refractivity (Wildman–Crippen MR) is 69.4 cm³/mol. The van der Waals surface area contributed by atoms with Gasteiger partial charge in [0.25, 0.3) is 0 Å². The van der Waals surface area contributed by atoms with Crippen LogP contribution in [0.25, 0.3) is 0 Å². The van der Waals surface area contributed by atoms with E-state index in [1.807, 2.05) is 30.3 Å². The molecule has 1 amide bonds. The molecule has 1 atom stereocenters. The lowest BCUT2D eigenvalue weighted by atomic mass is 10.0. The first-order chi connectivity index (χ1) is 9.32. The number of β-amino-alcohol motifs (C(OH)–C–C–N with tert-alkyl or cyclic N) is 1. The molecule has 0 radical (unpaired) electrons. The first-order valence-electron chi connectivity index (χ1n) is 6.06. The first-order valence-corrected chi connectivity index (χ1v) is 7.05. The number of amides is 1. The van der Waals surface area contributed by atoms with Crippen molar-refractivity contribution in [3.05, 3.63) is 30.3 Å². The van der Waals surface area contributed by atoms with Crippen molar-refractivity contribution in [3.63, 3.8) is 0 Å². The van der Waals surface area contributed by atoms with Crippen LogP contribution in [0.4, 0.5) is 13.2 Å². The fourth-order valence-electron chi connectivity index (χ4n) is 1.99. The normalized spacial score (nSPS) is 23.1. The molecule has 0 aromatic heterocycles. The molecule has 3 nitrogen and oxygen atoms in total. The Bertz CT molecular complexity index is 480. The lowest BCUT2D eigenvalue weighted by Gasteiger charge is -2.25. The van der Waals surface area contributed by atoms with E-state index in [1.54, 1.807) is 0 Å². The molecule has 0 unspecified atom stereocenters. The highest BCUT2D eigenvalue weighted by Crippen LogP contribution is 2.37. The lowest BCUT2D eigenvalue weighted by Crippen LogP contribution is -2.48. The molecule has 110 valence electrons. The van der Waals surface area contributed by atoms with Gasteiger partial charge < -0.3 is 10.0 Å². The van der Waals surface area contributed by atoms with Crippen molar-refractivity contribution in [1.29, 1.82) is 0 Å². The van der Waals surface area contributed by atoms with Gasteiger partial charge in [0.2, 0.25) is 5.91 Å². The van der Waals surface area contributed by atoms with E-state index < -0.39 is 24.7 Å². The molecule has 7 heteroatoms. The summed E-state index contributed by atoms with van der Waals surface area (Å²) in [5.74, 6) is -0.322. The van der Waals surface area contributed by atoms with E-state index in [0.29, 0.717) is 0 Å². The second kappa shape index (κ2) is 5.65. The van der Waals surface area contributed by atoms with Crippen molar-refractivity contribution in [3.8, 4) is 0 Å². The molecule has 1 fully saturated rings. The number of carbonyl (C=O) groups excluding carboxylic acids is 1. The molecule has 1 N–H and O–H groups in total. The van der Waals surface area contributed by atoms with Crippen LogP contribution < -0.4 is 0 Å². The summed E-state index contributed by atoms with van der Waals surface area (Å²) in [5, 5.41) is 9.51. The van der Waals surface area contributed by atoms with Crippen LogP contribution in [0.2, 0.25) is 0 Å². The van der Waals surface area contributed by atoms with Gasteiger partial charge in [-0.3, -0.25) is 4.79 Å². The van der Waals surface area contributed by atoms with E-state index in [0.717, 1.165) is 9.80 Å². The summed E-state index contributed by atoms with van der Waals surface area (Å²) in [4.78, 5) is 13.8. The summed E-state index contributed by atoms with van der Waals surface area (Å²) in [5.41, 5.74) is -2.76. The van der Waals surface area contributed by atoms with Gasteiger partial charge >= 0.3 is 6.18 Å². The number of hydrogen-bond donors (Lipinski definition) is 1. The molecule has 0 spiro atoms. The third kappa shape index (κ3) is 3.27. The minimum atomic E-state index is -4.70. The van der Waals surface area contributed by atoms with Gasteiger partial charge in [-0.25, -0.2) is 0 Å². The Kier molecular flexibility index (Phi) is 4.29. The van der Waals surface area contributed by atoms with Crippen LogP contribution in [0.5, 0.6) is 0 Å². The Labute approximate surface area is 118 Å². The largest absolute Gasteiger partial charge is 0.419 e. The fourth-order valence-corrected chi connectivity index (χ4v) is 2.81. The van der Waals surface area contributed by atoms with E-state index in [-0.39, 0.29) is 18.2 Å². The number of halogens is 3. The summed E-state index contributed by atoms with van der Waals surface area (Å²) >= 11 is 1.27. The average molecular weight is 305 g/mol. The zero-order valence-corrected chi connectivity index (χ0v) is 11.4. The minimum absolute atomic E-state index is 0.0653. The maximum absolute atomic E-state index is 12.6. The lowest BCUT2D eigenvalue weighted by molar-refractivity contribution is -0.253. The van der Waals surface area contributed by atoms with E-state index in [4.69, 9.17) is 0 Å². The van der Waals surface area contributed by atoms with Crippen LogP contribution in [0.15, 0.2) is 35.2 Å². The second-order valence-corrected chi connectivity index (χ2v) is 5.75. The number of hydrogen-bond acceptors (Lipinski definition) is 3. The van der Waals surface area contributed by atoms with Crippen molar-refractivity contribution in [2.24, 2.45) is 0 Å². The Morgan fingerprint density at radius 2 is 2.00 bits per heavy atom. The number of rotatable bonds is 3. The van der Waals surface area contributed by atoms with Crippen LogP contribution in [0, 0.1) is 0 Å². The maximum atomic E-state index is 12.6. The van der Waals surface area contributed by atoms with Gasteiger partial charge in [-0.1, -0.05) is 18.2 Å². The van der Waals surface area contributed by atoms with Crippen LogP contribution in [-0.4, -0.2) is 46.5 Å². The maximum Gasteiger partial charge on any atom is 0.419 e. The van der Waals surface area contributed by atoms with Crippen molar-refractivity contribution in [1.82, 2.24) is 4.90 Å². The monoisotopic (exact) mass is 305 g/mol. The average Bonchev–Trinajstić information content (AvgIpc) is 2.81. The van der Waals surface area contributed by atoms with Crippen LogP contribution >= 0.6 is 11.8 Å². The molecule has 1 aliphatic heterocycles. The highest BCUT2D eigenvalue weighted by Gasteiger charge is 2.57. The van der Waals surface area contributed by atoms with Gasteiger partial charge in [-0.15, -0.1) is 11.8 Å².